The van der Waals surface area contributed by atoms with Gasteiger partial charge in [-0.3, -0.25) is 9.69 Å². The normalized spacial score (nSPS) is 16.7. The van der Waals surface area contributed by atoms with Gasteiger partial charge in [-0.05, 0) is 39.1 Å². The molecule has 1 fully saturated rings. The van der Waals surface area contributed by atoms with Crippen LogP contribution >= 0.6 is 0 Å². The van der Waals surface area contributed by atoms with E-state index in [-0.39, 0.29) is 5.91 Å². The molecular formula is C14H23N3O2. The van der Waals surface area contributed by atoms with Gasteiger partial charge in [-0.25, -0.2) is 0 Å². The molecule has 1 aromatic heterocycles. The first-order chi connectivity index (χ1) is 9.15. The molecule has 1 aromatic rings. The molecule has 1 aliphatic rings. The van der Waals surface area contributed by atoms with Crippen LogP contribution < -0.4 is 5.32 Å². The molecule has 1 aliphatic heterocycles. The Bertz CT molecular complexity index is 409. The van der Waals surface area contributed by atoms with Gasteiger partial charge in [0.2, 0.25) is 5.91 Å². The van der Waals surface area contributed by atoms with Gasteiger partial charge in [0.25, 0.3) is 0 Å². The second-order valence-electron chi connectivity index (χ2n) is 5.17. The Morgan fingerprint density at radius 2 is 2.26 bits per heavy atom. The minimum absolute atomic E-state index is 0.203. The third kappa shape index (κ3) is 4.36. The van der Waals surface area contributed by atoms with Crippen molar-refractivity contribution in [2.45, 2.75) is 19.9 Å². The highest BCUT2D eigenvalue weighted by Crippen LogP contribution is 2.08. The van der Waals surface area contributed by atoms with E-state index in [1.54, 1.807) is 0 Å². The summed E-state index contributed by atoms with van der Waals surface area (Å²) in [6.07, 6.45) is 1.03. The summed E-state index contributed by atoms with van der Waals surface area (Å²) < 4.78 is 5.52. The molecule has 0 aromatic carbocycles. The molecule has 19 heavy (non-hydrogen) atoms. The number of carbonyl (C=O) groups is 1. The largest absolute Gasteiger partial charge is 0.465 e. The Balaban J connectivity index is 1.80. The number of nitrogens with one attached hydrogen (secondary N) is 1. The maximum Gasteiger partial charge on any atom is 0.236 e. The zero-order valence-electron chi connectivity index (χ0n) is 11.8. The molecule has 0 saturated carbocycles. The standard InChI is InChI=1S/C14H23N3O2/c1-12-4-5-13(19-12)10-16(2)11-14(18)17-8-3-6-15-7-9-17/h4-5,15H,3,6-11H2,1-2H3. The average Bonchev–Trinajstić information content (AvgIpc) is 2.64. The highest BCUT2D eigenvalue weighted by molar-refractivity contribution is 5.78. The van der Waals surface area contributed by atoms with Crippen molar-refractivity contribution >= 4 is 5.91 Å². The summed E-state index contributed by atoms with van der Waals surface area (Å²) in [6.45, 7) is 6.62. The van der Waals surface area contributed by atoms with Crippen LogP contribution in [0.1, 0.15) is 17.9 Å². The first kappa shape index (κ1) is 14.1. The van der Waals surface area contributed by atoms with E-state index in [2.05, 4.69) is 5.32 Å². The molecule has 0 spiro atoms. The first-order valence-corrected chi connectivity index (χ1v) is 6.87. The van der Waals surface area contributed by atoms with E-state index in [1.807, 2.05) is 35.9 Å². The van der Waals surface area contributed by atoms with Crippen molar-refractivity contribution in [2.75, 3.05) is 39.8 Å². The summed E-state index contributed by atoms with van der Waals surface area (Å²) in [5.74, 6) is 2.02. The highest BCUT2D eigenvalue weighted by atomic mass is 16.3. The summed E-state index contributed by atoms with van der Waals surface area (Å²) in [5.41, 5.74) is 0. The van der Waals surface area contributed by atoms with Gasteiger partial charge in [0.1, 0.15) is 11.5 Å². The van der Waals surface area contributed by atoms with Crippen molar-refractivity contribution in [1.82, 2.24) is 15.1 Å². The number of rotatable bonds is 4. The van der Waals surface area contributed by atoms with Gasteiger partial charge in [-0.1, -0.05) is 0 Å². The molecular weight excluding hydrogens is 242 g/mol. The number of hydrogen-bond acceptors (Lipinski definition) is 4. The third-order valence-electron chi connectivity index (χ3n) is 3.32. The second kappa shape index (κ2) is 6.73. The Morgan fingerprint density at radius 3 is 3.00 bits per heavy atom. The van der Waals surface area contributed by atoms with Crippen molar-refractivity contribution in [3.05, 3.63) is 23.7 Å². The van der Waals surface area contributed by atoms with Gasteiger partial charge in [0, 0.05) is 19.6 Å². The summed E-state index contributed by atoms with van der Waals surface area (Å²) in [4.78, 5) is 16.1. The van der Waals surface area contributed by atoms with E-state index >= 15 is 0 Å². The molecule has 106 valence electrons. The van der Waals surface area contributed by atoms with Crippen molar-refractivity contribution in [1.29, 1.82) is 0 Å². The molecule has 0 atom stereocenters. The topological polar surface area (TPSA) is 48.7 Å². The van der Waals surface area contributed by atoms with Crippen LogP contribution in [-0.4, -0.2) is 55.5 Å². The number of hydrogen-bond donors (Lipinski definition) is 1. The fourth-order valence-electron chi connectivity index (χ4n) is 2.32. The molecule has 0 unspecified atom stereocenters. The summed E-state index contributed by atoms with van der Waals surface area (Å²) in [5, 5.41) is 3.31. The van der Waals surface area contributed by atoms with E-state index in [1.165, 1.54) is 0 Å². The first-order valence-electron chi connectivity index (χ1n) is 6.87. The van der Waals surface area contributed by atoms with E-state index in [4.69, 9.17) is 4.42 Å². The van der Waals surface area contributed by atoms with Gasteiger partial charge in [0.15, 0.2) is 0 Å². The number of nitrogens with zero attached hydrogens (tertiary/aromatic N) is 2. The van der Waals surface area contributed by atoms with Crippen LogP contribution in [0, 0.1) is 6.92 Å². The fraction of sp³-hybridized carbons (Fsp3) is 0.643. The molecule has 5 heteroatoms. The molecule has 2 heterocycles. The van der Waals surface area contributed by atoms with Crippen LogP contribution in [0.4, 0.5) is 0 Å². The van der Waals surface area contributed by atoms with E-state index < -0.39 is 0 Å². The van der Waals surface area contributed by atoms with Crippen LogP contribution in [0.3, 0.4) is 0 Å². The smallest absolute Gasteiger partial charge is 0.236 e. The van der Waals surface area contributed by atoms with Gasteiger partial charge in [0.05, 0.1) is 13.1 Å². The van der Waals surface area contributed by atoms with Gasteiger partial charge in [-0.2, -0.15) is 0 Å². The molecule has 2 rings (SSSR count). The highest BCUT2D eigenvalue weighted by Gasteiger charge is 2.17. The van der Waals surface area contributed by atoms with Crippen LogP contribution in [0.25, 0.3) is 0 Å². The van der Waals surface area contributed by atoms with Gasteiger partial charge >= 0.3 is 0 Å². The number of carbonyl (C=O) groups excluding carboxylic acids is 1. The van der Waals surface area contributed by atoms with Crippen molar-refractivity contribution in [2.24, 2.45) is 0 Å². The Labute approximate surface area is 114 Å². The molecule has 1 amide bonds. The number of aryl methyl sites for hydroxylation is 1. The lowest BCUT2D eigenvalue weighted by molar-refractivity contribution is -0.132. The molecule has 1 saturated heterocycles. The molecule has 0 bridgehead atoms. The van der Waals surface area contributed by atoms with Gasteiger partial charge < -0.3 is 14.6 Å². The monoisotopic (exact) mass is 265 g/mol. The van der Waals surface area contributed by atoms with Crippen LogP contribution in [0.2, 0.25) is 0 Å². The zero-order chi connectivity index (χ0) is 13.7. The summed E-state index contributed by atoms with van der Waals surface area (Å²) in [6, 6.07) is 3.91. The molecule has 5 nitrogen and oxygen atoms in total. The Hall–Kier alpha value is -1.33. The Morgan fingerprint density at radius 1 is 1.42 bits per heavy atom. The van der Waals surface area contributed by atoms with E-state index in [0.29, 0.717) is 13.1 Å². The molecule has 0 aliphatic carbocycles. The van der Waals surface area contributed by atoms with Gasteiger partial charge in [-0.15, -0.1) is 0 Å². The summed E-state index contributed by atoms with van der Waals surface area (Å²) >= 11 is 0. The SMILES string of the molecule is Cc1ccc(CN(C)CC(=O)N2CCCNCC2)o1. The van der Waals surface area contributed by atoms with Crippen molar-refractivity contribution in [3.8, 4) is 0 Å². The average molecular weight is 265 g/mol. The van der Waals surface area contributed by atoms with Crippen LogP contribution in [0.5, 0.6) is 0 Å². The predicted octanol–water partition coefficient (Wildman–Crippen LogP) is 0.842. The lowest BCUT2D eigenvalue weighted by Gasteiger charge is -2.23. The summed E-state index contributed by atoms with van der Waals surface area (Å²) in [7, 11) is 1.95. The maximum atomic E-state index is 12.2. The number of amides is 1. The lowest BCUT2D eigenvalue weighted by Crippen LogP contribution is -2.40. The zero-order valence-corrected chi connectivity index (χ0v) is 11.8. The molecule has 0 radical (unpaired) electrons. The van der Waals surface area contributed by atoms with Crippen molar-refractivity contribution < 1.29 is 9.21 Å². The van der Waals surface area contributed by atoms with Crippen molar-refractivity contribution in [3.63, 3.8) is 0 Å². The quantitative estimate of drug-likeness (QED) is 0.876. The third-order valence-corrected chi connectivity index (χ3v) is 3.32. The van der Waals surface area contributed by atoms with E-state index in [9.17, 15) is 4.79 Å². The number of furan rings is 1. The lowest BCUT2D eigenvalue weighted by atomic mass is 10.3. The Kier molecular flexibility index (Phi) is 4.99. The maximum absolute atomic E-state index is 12.2. The minimum atomic E-state index is 0.203. The predicted molar refractivity (Wildman–Crippen MR) is 73.8 cm³/mol. The molecule has 1 N–H and O–H groups in total. The fourth-order valence-corrected chi connectivity index (χ4v) is 2.32. The van der Waals surface area contributed by atoms with E-state index in [0.717, 1.165) is 44.1 Å². The van der Waals surface area contributed by atoms with Crippen LogP contribution in [-0.2, 0) is 11.3 Å². The minimum Gasteiger partial charge on any atom is -0.465 e. The second-order valence-corrected chi connectivity index (χ2v) is 5.17. The van der Waals surface area contributed by atoms with Crippen LogP contribution in [0.15, 0.2) is 16.5 Å². The number of likely N-dealkylation sites (N-methyl/N-ethyl adjacent to an activating group) is 1.